The van der Waals surface area contributed by atoms with E-state index in [1.165, 1.54) is 5.69 Å². The van der Waals surface area contributed by atoms with Crippen LogP contribution in [0.4, 0.5) is 0 Å². The Kier molecular flexibility index (Phi) is 4.92. The Morgan fingerprint density at radius 3 is 2.42 bits per heavy atom. The minimum Gasteiger partial charge on any atom is -0.321 e. The smallest absolute Gasteiger partial charge is 0.0481 e. The van der Waals surface area contributed by atoms with Gasteiger partial charge in [-0.1, -0.05) is 23.2 Å². The molecule has 4 heteroatoms. The van der Waals surface area contributed by atoms with E-state index in [9.17, 15) is 0 Å². The van der Waals surface area contributed by atoms with Crippen LogP contribution in [0.15, 0.2) is 36.5 Å². The second-order valence-corrected chi connectivity index (χ2v) is 5.78. The third-order valence-electron chi connectivity index (χ3n) is 3.00. The Hall–Kier alpha value is -0.960. The molecule has 0 unspecified atom stereocenters. The second kappa shape index (κ2) is 6.47. The molecule has 1 aromatic carbocycles. The molecule has 0 amide bonds. The van der Waals surface area contributed by atoms with E-state index >= 15 is 0 Å². The van der Waals surface area contributed by atoms with Crippen LogP contribution >= 0.6 is 23.2 Å². The first-order valence-electron chi connectivity index (χ1n) is 6.33. The van der Waals surface area contributed by atoms with Gasteiger partial charge in [-0.2, -0.15) is 0 Å². The molecule has 102 valence electrons. The van der Waals surface area contributed by atoms with E-state index in [0.717, 1.165) is 25.1 Å². The molecule has 0 bridgehead atoms. The van der Waals surface area contributed by atoms with Crippen LogP contribution in [0.5, 0.6) is 0 Å². The van der Waals surface area contributed by atoms with Gasteiger partial charge in [0, 0.05) is 27.6 Å². The molecule has 0 saturated carbocycles. The molecule has 2 rings (SSSR count). The third-order valence-corrected chi connectivity index (χ3v) is 3.43. The number of rotatable bonds is 5. The van der Waals surface area contributed by atoms with Crippen LogP contribution in [-0.2, 0) is 6.42 Å². The number of hydrogen-bond donors (Lipinski definition) is 0. The van der Waals surface area contributed by atoms with Crippen LogP contribution < -0.4 is 0 Å². The van der Waals surface area contributed by atoms with Gasteiger partial charge in [0.15, 0.2) is 0 Å². The number of aromatic nitrogens is 1. The molecule has 0 aliphatic heterocycles. The molecular weight excluding hydrogens is 279 g/mol. The zero-order valence-corrected chi connectivity index (χ0v) is 12.7. The molecular formula is C15H18Cl2N2. The highest BCUT2D eigenvalue weighted by atomic mass is 35.5. The van der Waals surface area contributed by atoms with Crippen molar-refractivity contribution in [2.75, 3.05) is 20.6 Å². The van der Waals surface area contributed by atoms with Gasteiger partial charge < -0.3 is 9.47 Å². The van der Waals surface area contributed by atoms with Gasteiger partial charge in [-0.25, -0.2) is 0 Å². The number of benzene rings is 1. The summed E-state index contributed by atoms with van der Waals surface area (Å²) in [7, 11) is 4.19. The lowest BCUT2D eigenvalue weighted by Crippen LogP contribution is -2.14. The van der Waals surface area contributed by atoms with E-state index in [1.54, 1.807) is 6.07 Å². The van der Waals surface area contributed by atoms with E-state index in [1.807, 2.05) is 18.3 Å². The summed E-state index contributed by atoms with van der Waals surface area (Å²) in [5.41, 5.74) is 2.29. The Labute approximate surface area is 124 Å². The van der Waals surface area contributed by atoms with Crippen molar-refractivity contribution >= 4 is 23.2 Å². The SMILES string of the molecule is CN(C)CCCc1cccn1-c1cc(Cl)cc(Cl)c1. The van der Waals surface area contributed by atoms with Gasteiger partial charge >= 0.3 is 0 Å². The fourth-order valence-corrected chi connectivity index (χ4v) is 2.64. The lowest BCUT2D eigenvalue weighted by Gasteiger charge is -2.12. The minimum atomic E-state index is 0.662. The molecule has 0 atom stereocenters. The van der Waals surface area contributed by atoms with Gasteiger partial charge in [-0.05, 0) is 63.8 Å². The number of nitrogens with zero attached hydrogens (tertiary/aromatic N) is 2. The van der Waals surface area contributed by atoms with Crippen LogP contribution in [0.25, 0.3) is 5.69 Å². The van der Waals surface area contributed by atoms with E-state index in [-0.39, 0.29) is 0 Å². The average Bonchev–Trinajstić information content (AvgIpc) is 2.75. The Morgan fingerprint density at radius 2 is 1.79 bits per heavy atom. The van der Waals surface area contributed by atoms with E-state index in [2.05, 4.69) is 35.7 Å². The number of hydrogen-bond acceptors (Lipinski definition) is 1. The highest BCUT2D eigenvalue weighted by Gasteiger charge is 2.05. The molecule has 0 aliphatic carbocycles. The molecule has 2 nitrogen and oxygen atoms in total. The van der Waals surface area contributed by atoms with E-state index in [0.29, 0.717) is 10.0 Å². The summed E-state index contributed by atoms with van der Waals surface area (Å²) in [6.45, 7) is 1.08. The van der Waals surface area contributed by atoms with Gasteiger partial charge in [0.05, 0.1) is 0 Å². The molecule has 19 heavy (non-hydrogen) atoms. The Bertz CT molecular complexity index is 527. The lowest BCUT2D eigenvalue weighted by molar-refractivity contribution is 0.399. The Morgan fingerprint density at radius 1 is 1.11 bits per heavy atom. The van der Waals surface area contributed by atoms with Crippen molar-refractivity contribution in [3.05, 3.63) is 52.3 Å². The highest BCUT2D eigenvalue weighted by molar-refractivity contribution is 6.34. The summed E-state index contributed by atoms with van der Waals surface area (Å²) < 4.78 is 2.15. The summed E-state index contributed by atoms with van der Waals surface area (Å²) >= 11 is 12.1. The van der Waals surface area contributed by atoms with E-state index < -0.39 is 0 Å². The third kappa shape index (κ3) is 4.00. The first-order valence-corrected chi connectivity index (χ1v) is 7.09. The average molecular weight is 297 g/mol. The molecule has 0 spiro atoms. The topological polar surface area (TPSA) is 8.17 Å². The van der Waals surface area contributed by atoms with Gasteiger partial charge in [0.25, 0.3) is 0 Å². The Balaban J connectivity index is 2.18. The van der Waals surface area contributed by atoms with Gasteiger partial charge in [-0.15, -0.1) is 0 Å². The first-order chi connectivity index (χ1) is 9.06. The fraction of sp³-hybridized carbons (Fsp3) is 0.333. The summed E-state index contributed by atoms with van der Waals surface area (Å²) in [5, 5.41) is 1.32. The van der Waals surface area contributed by atoms with Crippen molar-refractivity contribution < 1.29 is 0 Å². The summed E-state index contributed by atoms with van der Waals surface area (Å²) in [4.78, 5) is 2.20. The quantitative estimate of drug-likeness (QED) is 0.799. The van der Waals surface area contributed by atoms with Crippen molar-refractivity contribution in [1.29, 1.82) is 0 Å². The van der Waals surface area contributed by atoms with Gasteiger partial charge in [0.1, 0.15) is 0 Å². The predicted molar refractivity (Wildman–Crippen MR) is 82.7 cm³/mol. The molecule has 1 aromatic heterocycles. The standard InChI is InChI=1S/C15H18Cl2N2/c1-18(2)7-3-5-14-6-4-8-19(14)15-10-12(16)9-13(17)11-15/h4,6,8-11H,3,5,7H2,1-2H3. The van der Waals surface area contributed by atoms with Crippen molar-refractivity contribution in [3.63, 3.8) is 0 Å². The molecule has 0 fully saturated rings. The molecule has 0 radical (unpaired) electrons. The molecule has 2 aromatic rings. The van der Waals surface area contributed by atoms with Gasteiger partial charge in [-0.3, -0.25) is 0 Å². The van der Waals surface area contributed by atoms with Crippen molar-refractivity contribution in [1.82, 2.24) is 9.47 Å². The largest absolute Gasteiger partial charge is 0.321 e. The van der Waals surface area contributed by atoms with Crippen LogP contribution in [0.3, 0.4) is 0 Å². The minimum absolute atomic E-state index is 0.662. The van der Waals surface area contributed by atoms with Crippen LogP contribution in [0, 0.1) is 0 Å². The lowest BCUT2D eigenvalue weighted by atomic mass is 10.2. The van der Waals surface area contributed by atoms with Crippen molar-refractivity contribution in [3.8, 4) is 5.69 Å². The monoisotopic (exact) mass is 296 g/mol. The van der Waals surface area contributed by atoms with Crippen LogP contribution in [0.1, 0.15) is 12.1 Å². The maximum Gasteiger partial charge on any atom is 0.0481 e. The molecule has 1 heterocycles. The molecule has 0 saturated heterocycles. The maximum absolute atomic E-state index is 6.06. The van der Waals surface area contributed by atoms with Gasteiger partial charge in [0.2, 0.25) is 0 Å². The summed E-state index contributed by atoms with van der Waals surface area (Å²) in [6, 6.07) is 9.82. The summed E-state index contributed by atoms with van der Waals surface area (Å²) in [5.74, 6) is 0. The second-order valence-electron chi connectivity index (χ2n) is 4.90. The molecule has 0 N–H and O–H groups in total. The van der Waals surface area contributed by atoms with Crippen LogP contribution in [0.2, 0.25) is 10.0 Å². The zero-order valence-electron chi connectivity index (χ0n) is 11.2. The van der Waals surface area contributed by atoms with Crippen LogP contribution in [-0.4, -0.2) is 30.1 Å². The number of aryl methyl sites for hydroxylation is 1. The summed E-state index contributed by atoms with van der Waals surface area (Å²) in [6.07, 6.45) is 4.22. The normalized spacial score (nSPS) is 11.2. The number of halogens is 2. The predicted octanol–water partition coefficient (Wildman–Crippen LogP) is 4.28. The van der Waals surface area contributed by atoms with E-state index in [4.69, 9.17) is 23.2 Å². The van der Waals surface area contributed by atoms with Crippen molar-refractivity contribution in [2.45, 2.75) is 12.8 Å². The fourth-order valence-electron chi connectivity index (χ4n) is 2.13. The maximum atomic E-state index is 6.06. The first kappa shape index (κ1) is 14.4. The molecule has 0 aliphatic rings. The zero-order chi connectivity index (χ0) is 13.8. The van der Waals surface area contributed by atoms with Crippen molar-refractivity contribution in [2.24, 2.45) is 0 Å². The highest BCUT2D eigenvalue weighted by Crippen LogP contribution is 2.23.